The van der Waals surface area contributed by atoms with Crippen LogP contribution in [0.1, 0.15) is 356 Å². The molecule has 0 aromatic rings. The smallest absolute Gasteiger partial charge is 0.306 e. The molecule has 0 spiro atoms. The van der Waals surface area contributed by atoms with Crippen molar-refractivity contribution >= 4 is 17.9 Å². The van der Waals surface area contributed by atoms with Crippen LogP contribution in [0.3, 0.4) is 0 Å². The molecular weight excluding hydrogens is 853 g/mol. The largest absolute Gasteiger partial charge is 0.462 e. The van der Waals surface area contributed by atoms with Gasteiger partial charge in [0.2, 0.25) is 0 Å². The van der Waals surface area contributed by atoms with E-state index >= 15 is 0 Å². The van der Waals surface area contributed by atoms with Crippen molar-refractivity contribution in [3.05, 3.63) is 0 Å². The number of hydrogen-bond acceptors (Lipinski definition) is 6. The summed E-state index contributed by atoms with van der Waals surface area (Å²) in [6.07, 6.45) is 60.9. The molecule has 6 nitrogen and oxygen atoms in total. The average molecular weight is 976 g/mol. The van der Waals surface area contributed by atoms with Crippen LogP contribution in [0.5, 0.6) is 0 Å². The fourth-order valence-corrected chi connectivity index (χ4v) is 9.73. The summed E-state index contributed by atoms with van der Waals surface area (Å²) < 4.78 is 16.9. The minimum atomic E-state index is -0.763. The van der Waals surface area contributed by atoms with Crippen molar-refractivity contribution in [1.29, 1.82) is 0 Å². The van der Waals surface area contributed by atoms with E-state index < -0.39 is 6.10 Å². The van der Waals surface area contributed by atoms with Gasteiger partial charge >= 0.3 is 17.9 Å². The van der Waals surface area contributed by atoms with E-state index in [2.05, 4.69) is 34.6 Å². The Bertz CT molecular complexity index is 1060. The number of carbonyl (C=O) groups is 3. The summed E-state index contributed by atoms with van der Waals surface area (Å²) in [5, 5.41) is 0. The van der Waals surface area contributed by atoms with Crippen LogP contribution in [0.25, 0.3) is 0 Å². The maximum atomic E-state index is 12.9. The van der Waals surface area contributed by atoms with Crippen LogP contribution >= 0.6 is 0 Å². The summed E-state index contributed by atoms with van der Waals surface area (Å²) in [5.41, 5.74) is 0. The van der Waals surface area contributed by atoms with E-state index in [1.807, 2.05) is 0 Å². The molecule has 0 heterocycles. The first-order valence-corrected chi connectivity index (χ1v) is 31.3. The molecule has 0 aliphatic rings. The molecule has 0 N–H and O–H groups in total. The normalized spacial score (nSPS) is 12.4. The highest BCUT2D eigenvalue weighted by Crippen LogP contribution is 2.19. The van der Waals surface area contributed by atoms with Crippen molar-refractivity contribution in [2.24, 2.45) is 11.8 Å². The van der Waals surface area contributed by atoms with Crippen molar-refractivity contribution < 1.29 is 28.6 Å². The van der Waals surface area contributed by atoms with E-state index in [9.17, 15) is 14.4 Å². The molecule has 69 heavy (non-hydrogen) atoms. The van der Waals surface area contributed by atoms with E-state index in [1.54, 1.807) is 0 Å². The molecule has 0 radical (unpaired) electrons. The lowest BCUT2D eigenvalue weighted by Gasteiger charge is -2.18. The Morgan fingerprint density at radius 1 is 0.304 bits per heavy atom. The lowest BCUT2D eigenvalue weighted by molar-refractivity contribution is -0.167. The Hall–Kier alpha value is -1.59. The Kier molecular flexibility index (Phi) is 54.4. The molecule has 0 saturated carbocycles. The predicted octanol–water partition coefficient (Wildman–Crippen LogP) is 20.8. The van der Waals surface area contributed by atoms with Gasteiger partial charge in [-0.3, -0.25) is 14.4 Å². The summed E-state index contributed by atoms with van der Waals surface area (Å²) in [6.45, 7) is 11.5. The van der Waals surface area contributed by atoms with Crippen LogP contribution in [-0.2, 0) is 28.6 Å². The maximum Gasteiger partial charge on any atom is 0.306 e. The standard InChI is InChI=1S/C63H122O6/c1-6-8-9-10-11-12-13-21-28-33-38-43-48-53-61(64)67-56-60(57-68-62(65)54-49-44-39-34-29-25-20-22-26-31-36-41-46-51-58(3)4)69-63(66)55-50-45-40-35-30-24-19-17-15-14-16-18-23-27-32-37-42-47-52-59(5)7-2/h58-60H,6-57H2,1-5H3/t59?,60-/m0/s1. The SMILES string of the molecule is CCCCCCCCCCCCCCCC(=O)OC[C@@H](COC(=O)CCCCCCCCCCCCCCCC(C)C)OC(=O)CCCCCCCCCCCCCCCCCCCCC(C)CC. The van der Waals surface area contributed by atoms with Gasteiger partial charge in [-0.2, -0.15) is 0 Å². The van der Waals surface area contributed by atoms with Gasteiger partial charge in [0, 0.05) is 19.3 Å². The Morgan fingerprint density at radius 2 is 0.551 bits per heavy atom. The number of ether oxygens (including phenoxy) is 3. The van der Waals surface area contributed by atoms with Crippen LogP contribution < -0.4 is 0 Å². The summed E-state index contributed by atoms with van der Waals surface area (Å²) in [4.78, 5) is 38.2. The van der Waals surface area contributed by atoms with Crippen molar-refractivity contribution in [2.75, 3.05) is 13.2 Å². The number of esters is 3. The first kappa shape index (κ1) is 67.4. The molecule has 0 rings (SSSR count). The molecule has 0 fully saturated rings. The number of unbranched alkanes of at least 4 members (excludes halogenated alkanes) is 41. The summed E-state index contributed by atoms with van der Waals surface area (Å²) >= 11 is 0. The van der Waals surface area contributed by atoms with Crippen LogP contribution in [0.4, 0.5) is 0 Å². The third kappa shape index (κ3) is 55.6. The van der Waals surface area contributed by atoms with E-state index in [-0.39, 0.29) is 31.1 Å². The monoisotopic (exact) mass is 975 g/mol. The van der Waals surface area contributed by atoms with Gasteiger partial charge in [-0.1, -0.05) is 317 Å². The van der Waals surface area contributed by atoms with Crippen LogP contribution in [-0.4, -0.2) is 37.2 Å². The van der Waals surface area contributed by atoms with Gasteiger partial charge < -0.3 is 14.2 Å². The van der Waals surface area contributed by atoms with E-state index in [4.69, 9.17) is 14.2 Å². The Morgan fingerprint density at radius 3 is 0.826 bits per heavy atom. The maximum absolute atomic E-state index is 12.9. The lowest BCUT2D eigenvalue weighted by atomic mass is 9.99. The second-order valence-electron chi connectivity index (χ2n) is 22.4. The van der Waals surface area contributed by atoms with Gasteiger partial charge in [0.15, 0.2) is 6.10 Å². The van der Waals surface area contributed by atoms with Gasteiger partial charge in [0.1, 0.15) is 13.2 Å². The minimum Gasteiger partial charge on any atom is -0.462 e. The highest BCUT2D eigenvalue weighted by molar-refractivity contribution is 5.71. The van der Waals surface area contributed by atoms with Gasteiger partial charge in [-0.15, -0.1) is 0 Å². The van der Waals surface area contributed by atoms with E-state index in [0.29, 0.717) is 19.3 Å². The fourth-order valence-electron chi connectivity index (χ4n) is 9.73. The zero-order valence-electron chi connectivity index (χ0n) is 47.5. The molecule has 0 saturated heterocycles. The van der Waals surface area contributed by atoms with Gasteiger partial charge in [-0.05, 0) is 31.1 Å². The van der Waals surface area contributed by atoms with E-state index in [1.165, 1.54) is 244 Å². The molecule has 0 amide bonds. The Labute approximate surface area is 431 Å². The first-order valence-electron chi connectivity index (χ1n) is 31.3. The molecule has 0 aliphatic heterocycles. The summed E-state index contributed by atoms with van der Waals surface area (Å²) in [6, 6.07) is 0. The zero-order chi connectivity index (χ0) is 50.4. The number of carbonyl (C=O) groups excluding carboxylic acids is 3. The minimum absolute atomic E-state index is 0.0621. The molecule has 0 aliphatic carbocycles. The third-order valence-electron chi connectivity index (χ3n) is 14.8. The molecule has 1 unspecified atom stereocenters. The van der Waals surface area contributed by atoms with Crippen molar-refractivity contribution in [2.45, 2.75) is 362 Å². The predicted molar refractivity (Wildman–Crippen MR) is 298 cm³/mol. The summed E-state index contributed by atoms with van der Waals surface area (Å²) in [7, 11) is 0. The molecule has 410 valence electrons. The molecule has 0 aromatic heterocycles. The van der Waals surface area contributed by atoms with Crippen LogP contribution in [0.15, 0.2) is 0 Å². The molecule has 6 heteroatoms. The van der Waals surface area contributed by atoms with E-state index in [0.717, 1.165) is 69.6 Å². The second kappa shape index (κ2) is 55.7. The zero-order valence-corrected chi connectivity index (χ0v) is 47.5. The summed E-state index contributed by atoms with van der Waals surface area (Å²) in [5.74, 6) is 0.915. The topological polar surface area (TPSA) is 78.9 Å². The van der Waals surface area contributed by atoms with Crippen molar-refractivity contribution in [3.8, 4) is 0 Å². The first-order chi connectivity index (χ1) is 33.8. The highest BCUT2D eigenvalue weighted by Gasteiger charge is 2.19. The quantitative estimate of drug-likeness (QED) is 0.0343. The van der Waals surface area contributed by atoms with Crippen molar-refractivity contribution in [1.82, 2.24) is 0 Å². The fraction of sp³-hybridized carbons (Fsp3) is 0.952. The van der Waals surface area contributed by atoms with Crippen molar-refractivity contribution in [3.63, 3.8) is 0 Å². The second-order valence-corrected chi connectivity index (χ2v) is 22.4. The van der Waals surface area contributed by atoms with Crippen LogP contribution in [0, 0.1) is 11.8 Å². The van der Waals surface area contributed by atoms with Gasteiger partial charge in [0.25, 0.3) is 0 Å². The third-order valence-corrected chi connectivity index (χ3v) is 14.8. The number of hydrogen-bond donors (Lipinski definition) is 0. The highest BCUT2D eigenvalue weighted by atomic mass is 16.6. The van der Waals surface area contributed by atoms with Gasteiger partial charge in [0.05, 0.1) is 0 Å². The molecule has 0 aromatic carbocycles. The number of rotatable bonds is 57. The average Bonchev–Trinajstić information content (AvgIpc) is 3.34. The lowest BCUT2D eigenvalue weighted by Crippen LogP contribution is -2.30. The molecular formula is C63H122O6. The molecule has 0 bridgehead atoms. The van der Waals surface area contributed by atoms with Gasteiger partial charge in [-0.25, -0.2) is 0 Å². The van der Waals surface area contributed by atoms with Crippen LogP contribution in [0.2, 0.25) is 0 Å². The molecule has 2 atom stereocenters. The Balaban J connectivity index is 4.25.